The molecule has 0 bridgehead atoms. The van der Waals surface area contributed by atoms with Crippen LogP contribution in [0.3, 0.4) is 0 Å². The molecule has 0 atom stereocenters. The Labute approximate surface area is 170 Å². The van der Waals surface area contributed by atoms with E-state index in [2.05, 4.69) is 5.32 Å². The first-order valence-corrected chi connectivity index (χ1v) is 9.50. The van der Waals surface area contributed by atoms with E-state index >= 15 is 0 Å². The minimum atomic E-state index is -0.618. The number of hydrogen-bond donors (Lipinski definition) is 1. The summed E-state index contributed by atoms with van der Waals surface area (Å²) in [5.74, 6) is -1.26. The minimum absolute atomic E-state index is 0.175. The van der Waals surface area contributed by atoms with Crippen molar-refractivity contribution >= 4 is 45.6 Å². The molecule has 1 aromatic heterocycles. The predicted molar refractivity (Wildman–Crippen MR) is 110 cm³/mol. The van der Waals surface area contributed by atoms with Gasteiger partial charge in [0.15, 0.2) is 0 Å². The smallest absolute Gasteiger partial charge is 0.341 e. The summed E-state index contributed by atoms with van der Waals surface area (Å²) >= 11 is 6.93. The van der Waals surface area contributed by atoms with E-state index in [1.165, 1.54) is 7.11 Å². The first kappa shape index (κ1) is 19.8. The second kappa shape index (κ2) is 8.37. The lowest BCUT2D eigenvalue weighted by Gasteiger charge is -2.06. The number of halogens is 1. The van der Waals surface area contributed by atoms with E-state index in [1.54, 1.807) is 61.5 Å². The van der Waals surface area contributed by atoms with Gasteiger partial charge in [-0.25, -0.2) is 4.79 Å². The van der Waals surface area contributed by atoms with Crippen LogP contribution in [-0.2, 0) is 4.74 Å². The molecular weight excluding hydrogens is 398 g/mol. The summed E-state index contributed by atoms with van der Waals surface area (Å²) in [5.41, 5.74) is 1.51. The zero-order valence-electron chi connectivity index (χ0n) is 15.1. The van der Waals surface area contributed by atoms with E-state index in [0.717, 1.165) is 11.3 Å². The molecule has 1 heterocycles. The lowest BCUT2D eigenvalue weighted by molar-refractivity contribution is 0.0601. The van der Waals surface area contributed by atoms with E-state index in [0.29, 0.717) is 26.6 Å². The van der Waals surface area contributed by atoms with Gasteiger partial charge in [0.05, 0.1) is 17.6 Å². The summed E-state index contributed by atoms with van der Waals surface area (Å²) in [7, 11) is 1.25. The second-order valence-corrected chi connectivity index (χ2v) is 7.37. The lowest BCUT2D eigenvalue weighted by atomic mass is 10.0. The molecule has 28 heavy (non-hydrogen) atoms. The van der Waals surface area contributed by atoms with Gasteiger partial charge in [-0.15, -0.1) is 11.3 Å². The van der Waals surface area contributed by atoms with Crippen LogP contribution in [0.2, 0.25) is 5.02 Å². The number of thiophene rings is 1. The number of anilines is 1. The predicted octanol–water partition coefficient (Wildman–Crippen LogP) is 4.98. The Morgan fingerprint density at radius 2 is 1.61 bits per heavy atom. The highest BCUT2D eigenvalue weighted by atomic mass is 35.5. The molecule has 1 N–H and O–H groups in total. The average molecular weight is 414 g/mol. The van der Waals surface area contributed by atoms with E-state index < -0.39 is 5.97 Å². The van der Waals surface area contributed by atoms with Crippen LogP contribution in [0.4, 0.5) is 5.00 Å². The molecule has 3 aromatic rings. The highest BCUT2D eigenvalue weighted by Crippen LogP contribution is 2.35. The molecule has 0 aliphatic heterocycles. The van der Waals surface area contributed by atoms with Crippen LogP contribution in [0, 0.1) is 6.92 Å². The van der Waals surface area contributed by atoms with Crippen LogP contribution in [-0.4, -0.2) is 24.8 Å². The van der Waals surface area contributed by atoms with Crippen LogP contribution in [0.1, 0.15) is 41.5 Å². The number of nitrogens with one attached hydrogen (secondary N) is 1. The fourth-order valence-electron chi connectivity index (χ4n) is 2.66. The maximum atomic E-state index is 12.9. The third kappa shape index (κ3) is 3.98. The van der Waals surface area contributed by atoms with Crippen LogP contribution < -0.4 is 5.32 Å². The number of carbonyl (C=O) groups is 3. The fourth-order valence-corrected chi connectivity index (χ4v) is 3.94. The van der Waals surface area contributed by atoms with Gasteiger partial charge in [-0.1, -0.05) is 29.8 Å². The van der Waals surface area contributed by atoms with Gasteiger partial charge in [-0.3, -0.25) is 9.59 Å². The van der Waals surface area contributed by atoms with Gasteiger partial charge in [0.25, 0.3) is 5.91 Å². The van der Waals surface area contributed by atoms with E-state index in [9.17, 15) is 14.4 Å². The van der Waals surface area contributed by atoms with Gasteiger partial charge >= 0.3 is 5.97 Å². The Hall–Kier alpha value is -2.96. The normalized spacial score (nSPS) is 10.4. The molecule has 0 spiro atoms. The van der Waals surface area contributed by atoms with Crippen molar-refractivity contribution in [3.63, 3.8) is 0 Å². The molecule has 0 aliphatic rings. The molecule has 142 valence electrons. The van der Waals surface area contributed by atoms with E-state index in [4.69, 9.17) is 16.3 Å². The van der Waals surface area contributed by atoms with Gasteiger partial charge in [-0.2, -0.15) is 0 Å². The standard InChI is InChI=1S/C21H16ClNO4S/c1-12-16(21(26)27-2)20(23-19(25)14-6-4-3-5-7-14)28-18(12)17(24)13-8-10-15(22)11-9-13/h3-11H,1-2H3,(H,23,25). The second-order valence-electron chi connectivity index (χ2n) is 5.91. The van der Waals surface area contributed by atoms with Crippen molar-refractivity contribution in [3.8, 4) is 0 Å². The highest BCUT2D eigenvalue weighted by Gasteiger charge is 2.27. The van der Waals surface area contributed by atoms with Crippen molar-refractivity contribution in [2.45, 2.75) is 6.92 Å². The Morgan fingerprint density at radius 1 is 0.964 bits per heavy atom. The molecule has 2 aromatic carbocycles. The fraction of sp³-hybridized carbons (Fsp3) is 0.0952. The molecule has 5 nitrogen and oxygen atoms in total. The first-order chi connectivity index (χ1) is 13.4. The number of ether oxygens (including phenoxy) is 1. The zero-order valence-corrected chi connectivity index (χ0v) is 16.7. The number of methoxy groups -OCH3 is 1. The number of benzene rings is 2. The van der Waals surface area contributed by atoms with Crippen LogP contribution in [0.25, 0.3) is 0 Å². The molecule has 0 unspecified atom stereocenters. The lowest BCUT2D eigenvalue weighted by Crippen LogP contribution is -2.14. The molecule has 7 heteroatoms. The Bertz CT molecular complexity index is 1040. The number of carbonyl (C=O) groups excluding carboxylic acids is 3. The quantitative estimate of drug-likeness (QED) is 0.473. The summed E-state index contributed by atoms with van der Waals surface area (Å²) < 4.78 is 4.85. The largest absolute Gasteiger partial charge is 0.465 e. The molecule has 3 rings (SSSR count). The molecule has 0 saturated carbocycles. The molecule has 0 aliphatic carbocycles. The maximum absolute atomic E-state index is 12.9. The number of rotatable bonds is 5. The van der Waals surface area contributed by atoms with Gasteiger partial charge in [-0.05, 0) is 48.9 Å². The van der Waals surface area contributed by atoms with E-state index in [1.807, 2.05) is 0 Å². The van der Waals surface area contributed by atoms with E-state index in [-0.39, 0.29) is 22.3 Å². The van der Waals surface area contributed by atoms with Gasteiger partial charge in [0, 0.05) is 16.1 Å². The summed E-state index contributed by atoms with van der Waals surface area (Å²) in [4.78, 5) is 38.1. The Morgan fingerprint density at radius 3 is 2.21 bits per heavy atom. The van der Waals surface area contributed by atoms with Crippen molar-refractivity contribution in [1.29, 1.82) is 0 Å². The SMILES string of the molecule is COC(=O)c1c(NC(=O)c2ccccc2)sc(C(=O)c2ccc(Cl)cc2)c1C. The molecular formula is C21H16ClNO4S. The highest BCUT2D eigenvalue weighted by molar-refractivity contribution is 7.19. The summed E-state index contributed by atoms with van der Waals surface area (Å²) in [6.07, 6.45) is 0. The third-order valence-electron chi connectivity index (χ3n) is 4.11. The Balaban J connectivity index is 2.01. The van der Waals surface area contributed by atoms with Gasteiger partial charge in [0.2, 0.25) is 5.78 Å². The van der Waals surface area contributed by atoms with Crippen LogP contribution >= 0.6 is 22.9 Å². The monoisotopic (exact) mass is 413 g/mol. The molecule has 1 amide bonds. The number of amides is 1. The van der Waals surface area contributed by atoms with Crippen molar-refractivity contribution in [3.05, 3.63) is 86.8 Å². The summed E-state index contributed by atoms with van der Waals surface area (Å²) in [6.45, 7) is 1.66. The topological polar surface area (TPSA) is 72.5 Å². The zero-order chi connectivity index (χ0) is 20.3. The summed E-state index contributed by atoms with van der Waals surface area (Å²) in [5, 5.41) is 3.52. The summed E-state index contributed by atoms with van der Waals surface area (Å²) in [6, 6.07) is 15.1. The minimum Gasteiger partial charge on any atom is -0.465 e. The molecule has 0 radical (unpaired) electrons. The van der Waals surface area contributed by atoms with Crippen molar-refractivity contribution in [2.75, 3.05) is 12.4 Å². The third-order valence-corrected chi connectivity index (χ3v) is 5.57. The van der Waals surface area contributed by atoms with Crippen molar-refractivity contribution in [1.82, 2.24) is 0 Å². The molecule has 0 saturated heterocycles. The first-order valence-electron chi connectivity index (χ1n) is 8.30. The van der Waals surface area contributed by atoms with Crippen LogP contribution in [0.5, 0.6) is 0 Å². The maximum Gasteiger partial charge on any atom is 0.341 e. The van der Waals surface area contributed by atoms with Crippen molar-refractivity contribution < 1.29 is 19.1 Å². The van der Waals surface area contributed by atoms with Gasteiger partial charge < -0.3 is 10.1 Å². The average Bonchev–Trinajstić information content (AvgIpc) is 3.03. The number of esters is 1. The van der Waals surface area contributed by atoms with Crippen molar-refractivity contribution in [2.24, 2.45) is 0 Å². The number of hydrogen-bond acceptors (Lipinski definition) is 5. The van der Waals surface area contributed by atoms with Crippen LogP contribution in [0.15, 0.2) is 54.6 Å². The Kier molecular flexibility index (Phi) is 5.92. The van der Waals surface area contributed by atoms with Gasteiger partial charge in [0.1, 0.15) is 5.00 Å². The number of ketones is 1. The molecule has 0 fully saturated rings.